The molecule has 1 fully saturated rings. The maximum Gasteiger partial charge on any atom is 0.255 e. The van der Waals surface area contributed by atoms with Crippen molar-refractivity contribution in [3.05, 3.63) is 29.6 Å². The van der Waals surface area contributed by atoms with Crippen LogP contribution in [0.15, 0.2) is 23.1 Å². The maximum absolute atomic E-state index is 13.4. The summed E-state index contributed by atoms with van der Waals surface area (Å²) in [6.45, 7) is 4.48. The van der Waals surface area contributed by atoms with Crippen LogP contribution >= 0.6 is 0 Å². The van der Waals surface area contributed by atoms with Crippen molar-refractivity contribution in [1.82, 2.24) is 4.90 Å². The van der Waals surface area contributed by atoms with Gasteiger partial charge in [-0.05, 0) is 43.9 Å². The number of sulfonamides is 1. The number of likely N-dealkylation sites (tertiary alicyclic amines) is 1. The van der Waals surface area contributed by atoms with E-state index in [2.05, 4.69) is 0 Å². The standard InChI is InChI=1S/C14H19FN2O3S/c1-9-4-3-7-17(10(9)2)14(18)12-8-11(15)5-6-13(12)21(16,19)20/h5-6,8-10H,3-4,7H2,1-2H3,(H2,16,19,20). The molecule has 0 spiro atoms. The second-order valence-corrected chi connectivity index (χ2v) is 7.07. The summed E-state index contributed by atoms with van der Waals surface area (Å²) in [6.07, 6.45) is 1.85. The molecule has 1 saturated heterocycles. The van der Waals surface area contributed by atoms with Crippen LogP contribution in [-0.2, 0) is 10.0 Å². The van der Waals surface area contributed by atoms with E-state index < -0.39 is 21.7 Å². The fourth-order valence-corrected chi connectivity index (χ4v) is 3.40. The molecule has 1 heterocycles. The zero-order valence-corrected chi connectivity index (χ0v) is 12.9. The van der Waals surface area contributed by atoms with Crippen LogP contribution in [0.4, 0.5) is 4.39 Å². The van der Waals surface area contributed by atoms with E-state index in [1.54, 1.807) is 4.90 Å². The Morgan fingerprint density at radius 1 is 1.38 bits per heavy atom. The summed E-state index contributed by atoms with van der Waals surface area (Å²) in [6, 6.07) is 2.94. The number of carbonyl (C=O) groups excluding carboxylic acids is 1. The van der Waals surface area contributed by atoms with Gasteiger partial charge >= 0.3 is 0 Å². The molecule has 0 saturated carbocycles. The third-order valence-corrected chi connectivity index (χ3v) is 5.08. The van der Waals surface area contributed by atoms with E-state index in [0.717, 1.165) is 31.0 Å². The Morgan fingerprint density at radius 2 is 2.05 bits per heavy atom. The Morgan fingerprint density at radius 3 is 2.67 bits per heavy atom. The smallest absolute Gasteiger partial charge is 0.255 e. The molecule has 0 bridgehead atoms. The molecule has 5 nitrogen and oxygen atoms in total. The first kappa shape index (κ1) is 15.9. The monoisotopic (exact) mass is 314 g/mol. The fourth-order valence-electron chi connectivity index (χ4n) is 2.69. The molecule has 0 radical (unpaired) electrons. The highest BCUT2D eigenvalue weighted by Gasteiger charge is 2.31. The van der Waals surface area contributed by atoms with Crippen molar-refractivity contribution in [2.24, 2.45) is 11.1 Å². The molecule has 2 N–H and O–H groups in total. The molecular formula is C14H19FN2O3S. The number of halogens is 1. The topological polar surface area (TPSA) is 80.5 Å². The number of carbonyl (C=O) groups is 1. The Kier molecular flexibility index (Phi) is 4.34. The van der Waals surface area contributed by atoms with Crippen molar-refractivity contribution in [2.45, 2.75) is 37.6 Å². The number of piperidine rings is 1. The first-order chi connectivity index (χ1) is 9.71. The molecular weight excluding hydrogens is 295 g/mol. The molecule has 2 atom stereocenters. The van der Waals surface area contributed by atoms with E-state index in [-0.39, 0.29) is 16.5 Å². The summed E-state index contributed by atoms with van der Waals surface area (Å²) in [5.74, 6) is -0.838. The highest BCUT2D eigenvalue weighted by Crippen LogP contribution is 2.26. The van der Waals surface area contributed by atoms with E-state index in [1.165, 1.54) is 0 Å². The molecule has 1 aromatic carbocycles. The average Bonchev–Trinajstić information content (AvgIpc) is 2.39. The van der Waals surface area contributed by atoms with Crippen LogP contribution in [0.25, 0.3) is 0 Å². The van der Waals surface area contributed by atoms with Gasteiger partial charge in [0.2, 0.25) is 10.0 Å². The largest absolute Gasteiger partial charge is 0.336 e. The van der Waals surface area contributed by atoms with Crippen LogP contribution in [0, 0.1) is 11.7 Å². The van der Waals surface area contributed by atoms with Crippen LogP contribution in [0.3, 0.4) is 0 Å². The van der Waals surface area contributed by atoms with Crippen LogP contribution < -0.4 is 5.14 Å². The number of hydrogen-bond acceptors (Lipinski definition) is 3. The van der Waals surface area contributed by atoms with E-state index in [4.69, 9.17) is 5.14 Å². The predicted molar refractivity (Wildman–Crippen MR) is 76.7 cm³/mol. The molecule has 1 aromatic rings. The lowest BCUT2D eigenvalue weighted by atomic mass is 9.91. The highest BCUT2D eigenvalue weighted by molar-refractivity contribution is 7.89. The minimum Gasteiger partial charge on any atom is -0.336 e. The van der Waals surface area contributed by atoms with Crippen molar-refractivity contribution >= 4 is 15.9 Å². The third kappa shape index (κ3) is 3.24. The van der Waals surface area contributed by atoms with Crippen LogP contribution in [0.1, 0.15) is 37.0 Å². The first-order valence-electron chi connectivity index (χ1n) is 6.85. The molecule has 1 amide bonds. The summed E-state index contributed by atoms with van der Waals surface area (Å²) in [7, 11) is -4.08. The van der Waals surface area contributed by atoms with Crippen LogP contribution in [0.2, 0.25) is 0 Å². The predicted octanol–water partition coefficient (Wildman–Crippen LogP) is 1.73. The van der Waals surface area contributed by atoms with Crippen molar-refractivity contribution in [1.29, 1.82) is 0 Å². The van der Waals surface area contributed by atoms with Crippen LogP contribution in [0.5, 0.6) is 0 Å². The number of amides is 1. The van der Waals surface area contributed by atoms with Crippen molar-refractivity contribution in [3.8, 4) is 0 Å². The molecule has 21 heavy (non-hydrogen) atoms. The van der Waals surface area contributed by atoms with Gasteiger partial charge in [0.1, 0.15) is 5.82 Å². The van der Waals surface area contributed by atoms with E-state index in [0.29, 0.717) is 12.5 Å². The van der Waals surface area contributed by atoms with Gasteiger partial charge in [-0.2, -0.15) is 0 Å². The molecule has 2 rings (SSSR count). The van der Waals surface area contributed by atoms with Crippen molar-refractivity contribution in [3.63, 3.8) is 0 Å². The molecule has 1 aliphatic rings. The fraction of sp³-hybridized carbons (Fsp3) is 0.500. The van der Waals surface area contributed by atoms with E-state index in [1.807, 2.05) is 13.8 Å². The zero-order chi connectivity index (χ0) is 15.8. The van der Waals surface area contributed by atoms with Gasteiger partial charge in [0, 0.05) is 12.6 Å². The first-order valence-corrected chi connectivity index (χ1v) is 8.39. The molecule has 1 aliphatic heterocycles. The van der Waals surface area contributed by atoms with Gasteiger partial charge in [-0.15, -0.1) is 0 Å². The van der Waals surface area contributed by atoms with Gasteiger partial charge in [-0.25, -0.2) is 17.9 Å². The minimum atomic E-state index is -4.08. The normalized spacial score (nSPS) is 23.1. The van der Waals surface area contributed by atoms with Gasteiger partial charge in [-0.3, -0.25) is 4.79 Å². The Balaban J connectivity index is 2.46. The number of primary sulfonamides is 1. The number of nitrogens with zero attached hydrogens (tertiary/aromatic N) is 1. The summed E-state index contributed by atoms with van der Waals surface area (Å²) >= 11 is 0. The summed E-state index contributed by atoms with van der Waals surface area (Å²) in [5.41, 5.74) is -0.196. The highest BCUT2D eigenvalue weighted by atomic mass is 32.2. The average molecular weight is 314 g/mol. The quantitative estimate of drug-likeness (QED) is 0.902. The number of rotatable bonds is 2. The second kappa shape index (κ2) is 5.73. The van der Waals surface area contributed by atoms with E-state index >= 15 is 0 Å². The lowest BCUT2D eigenvalue weighted by Gasteiger charge is -2.38. The maximum atomic E-state index is 13.4. The minimum absolute atomic E-state index is 0.0251. The van der Waals surface area contributed by atoms with E-state index in [9.17, 15) is 17.6 Å². The van der Waals surface area contributed by atoms with Gasteiger partial charge < -0.3 is 4.90 Å². The van der Waals surface area contributed by atoms with Gasteiger partial charge in [0.05, 0.1) is 10.5 Å². The summed E-state index contributed by atoms with van der Waals surface area (Å²) < 4.78 is 36.6. The van der Waals surface area contributed by atoms with Crippen molar-refractivity contribution < 1.29 is 17.6 Å². The number of benzene rings is 1. The SMILES string of the molecule is CC1CCCN(C(=O)c2cc(F)ccc2S(N)(=O)=O)C1C. The lowest BCUT2D eigenvalue weighted by Crippen LogP contribution is -2.46. The molecule has 7 heteroatoms. The van der Waals surface area contributed by atoms with Crippen LogP contribution in [-0.4, -0.2) is 31.8 Å². The molecule has 2 unspecified atom stereocenters. The summed E-state index contributed by atoms with van der Waals surface area (Å²) in [4.78, 5) is 13.9. The summed E-state index contributed by atoms with van der Waals surface area (Å²) in [5, 5.41) is 5.12. The Bertz CT molecular complexity index is 660. The Labute approximate surface area is 124 Å². The van der Waals surface area contributed by atoms with Gasteiger partial charge in [0.15, 0.2) is 0 Å². The van der Waals surface area contributed by atoms with Crippen molar-refractivity contribution in [2.75, 3.05) is 6.54 Å². The number of hydrogen-bond donors (Lipinski definition) is 1. The Hall–Kier alpha value is -1.47. The molecule has 116 valence electrons. The molecule has 0 aromatic heterocycles. The second-order valence-electron chi connectivity index (χ2n) is 5.54. The lowest BCUT2D eigenvalue weighted by molar-refractivity contribution is 0.0546. The molecule has 0 aliphatic carbocycles. The number of nitrogens with two attached hydrogens (primary N) is 1. The zero-order valence-electron chi connectivity index (χ0n) is 12.0. The van der Waals surface area contributed by atoms with Gasteiger partial charge in [0.25, 0.3) is 5.91 Å². The third-order valence-electron chi connectivity index (χ3n) is 4.11. The van der Waals surface area contributed by atoms with Gasteiger partial charge in [-0.1, -0.05) is 6.92 Å².